The van der Waals surface area contributed by atoms with Gasteiger partial charge in [0.15, 0.2) is 15.8 Å². The van der Waals surface area contributed by atoms with E-state index in [1.54, 1.807) is 43.5 Å². The quantitative estimate of drug-likeness (QED) is 0.224. The van der Waals surface area contributed by atoms with Gasteiger partial charge in [0, 0.05) is 5.56 Å². The molecule has 0 spiro atoms. The number of thioether (sulfide) groups is 1. The van der Waals surface area contributed by atoms with Crippen LogP contribution in [0.2, 0.25) is 0 Å². The van der Waals surface area contributed by atoms with Crippen molar-refractivity contribution < 1.29 is 19.1 Å². The number of hydrazine groups is 1. The SMILES string of the molecule is CCCCCCOc1c(Br)cc(/C=C2\SC(=S)N(NC(=O)c3ccccc3)C2=O)cc1OC. The Morgan fingerprint density at radius 2 is 1.97 bits per heavy atom. The van der Waals surface area contributed by atoms with E-state index >= 15 is 0 Å². The maximum absolute atomic E-state index is 12.9. The minimum atomic E-state index is -0.405. The first-order valence-corrected chi connectivity index (χ1v) is 12.6. The lowest BCUT2D eigenvalue weighted by atomic mass is 10.1. The fourth-order valence-electron chi connectivity index (χ4n) is 3.14. The summed E-state index contributed by atoms with van der Waals surface area (Å²) in [6.45, 7) is 2.78. The van der Waals surface area contributed by atoms with Crippen LogP contribution in [0.4, 0.5) is 0 Å². The molecule has 1 aliphatic heterocycles. The second-order valence-electron chi connectivity index (χ2n) is 7.27. The molecule has 0 saturated carbocycles. The molecule has 2 aromatic rings. The van der Waals surface area contributed by atoms with Gasteiger partial charge in [0.25, 0.3) is 11.8 Å². The number of nitrogens with zero attached hydrogens (tertiary/aromatic N) is 1. The molecular formula is C24H25BrN2O4S2. The Hall–Kier alpha value is -2.36. The van der Waals surface area contributed by atoms with Crippen LogP contribution in [-0.2, 0) is 4.79 Å². The summed E-state index contributed by atoms with van der Waals surface area (Å²) in [7, 11) is 1.58. The number of carbonyl (C=O) groups excluding carboxylic acids is 2. The molecule has 1 heterocycles. The number of hydrogen-bond donors (Lipinski definition) is 1. The van der Waals surface area contributed by atoms with Crippen molar-refractivity contribution in [2.75, 3.05) is 13.7 Å². The van der Waals surface area contributed by atoms with Gasteiger partial charge in [0.2, 0.25) is 0 Å². The van der Waals surface area contributed by atoms with E-state index in [0.29, 0.717) is 28.6 Å². The molecular weight excluding hydrogens is 524 g/mol. The zero-order valence-electron chi connectivity index (χ0n) is 18.4. The van der Waals surface area contributed by atoms with Gasteiger partial charge in [-0.15, -0.1) is 0 Å². The molecule has 1 N–H and O–H groups in total. The van der Waals surface area contributed by atoms with Gasteiger partial charge in [-0.25, -0.2) is 0 Å². The Balaban J connectivity index is 1.73. The summed E-state index contributed by atoms with van der Waals surface area (Å²) in [5.41, 5.74) is 3.76. The number of hydrogen-bond acceptors (Lipinski definition) is 6. The predicted octanol–water partition coefficient (Wildman–Crippen LogP) is 5.96. The maximum atomic E-state index is 12.9. The van der Waals surface area contributed by atoms with Gasteiger partial charge >= 0.3 is 0 Å². The van der Waals surface area contributed by atoms with Crippen LogP contribution in [0.3, 0.4) is 0 Å². The average Bonchev–Trinajstić information content (AvgIpc) is 3.07. The molecule has 0 bridgehead atoms. The van der Waals surface area contributed by atoms with Gasteiger partial charge in [-0.3, -0.25) is 15.0 Å². The van der Waals surface area contributed by atoms with Crippen molar-refractivity contribution in [3.05, 3.63) is 63.0 Å². The Morgan fingerprint density at radius 3 is 2.67 bits per heavy atom. The van der Waals surface area contributed by atoms with Gasteiger partial charge in [-0.05, 0) is 70.5 Å². The fraction of sp³-hybridized carbons (Fsp3) is 0.292. The first-order chi connectivity index (χ1) is 15.9. The number of unbranched alkanes of at least 4 members (excludes halogenated alkanes) is 3. The summed E-state index contributed by atoms with van der Waals surface area (Å²) < 4.78 is 12.4. The van der Waals surface area contributed by atoms with Crippen molar-refractivity contribution in [1.29, 1.82) is 0 Å². The highest BCUT2D eigenvalue weighted by atomic mass is 79.9. The van der Waals surface area contributed by atoms with Gasteiger partial charge < -0.3 is 9.47 Å². The molecule has 1 aliphatic rings. The van der Waals surface area contributed by atoms with Crippen LogP contribution < -0.4 is 14.9 Å². The molecule has 2 amide bonds. The van der Waals surface area contributed by atoms with E-state index in [1.165, 1.54) is 12.8 Å². The number of amides is 2. The highest BCUT2D eigenvalue weighted by molar-refractivity contribution is 9.10. The van der Waals surface area contributed by atoms with E-state index in [9.17, 15) is 9.59 Å². The van der Waals surface area contributed by atoms with Gasteiger partial charge in [-0.1, -0.05) is 56.1 Å². The van der Waals surface area contributed by atoms with Crippen LogP contribution in [-0.4, -0.2) is 34.9 Å². The highest BCUT2D eigenvalue weighted by Gasteiger charge is 2.34. The maximum Gasteiger partial charge on any atom is 0.285 e. The lowest BCUT2D eigenvalue weighted by Crippen LogP contribution is -2.44. The van der Waals surface area contributed by atoms with E-state index in [4.69, 9.17) is 21.7 Å². The Morgan fingerprint density at radius 1 is 1.21 bits per heavy atom. The summed E-state index contributed by atoms with van der Waals surface area (Å²) in [5, 5.41) is 1.10. The van der Waals surface area contributed by atoms with Crippen LogP contribution in [0.5, 0.6) is 11.5 Å². The third kappa shape index (κ3) is 6.59. The number of halogens is 1. The second kappa shape index (κ2) is 12.2. The van der Waals surface area contributed by atoms with Crippen LogP contribution >= 0.6 is 39.9 Å². The average molecular weight is 550 g/mol. The highest BCUT2D eigenvalue weighted by Crippen LogP contribution is 2.39. The van der Waals surface area contributed by atoms with Crippen LogP contribution in [0.1, 0.15) is 48.5 Å². The lowest BCUT2D eigenvalue weighted by Gasteiger charge is -2.15. The van der Waals surface area contributed by atoms with Crippen molar-refractivity contribution in [2.45, 2.75) is 32.6 Å². The third-order valence-electron chi connectivity index (χ3n) is 4.84. The van der Waals surface area contributed by atoms with Gasteiger partial charge in [-0.2, -0.15) is 5.01 Å². The monoisotopic (exact) mass is 548 g/mol. The van der Waals surface area contributed by atoms with Gasteiger partial charge in [0.05, 0.1) is 23.1 Å². The van der Waals surface area contributed by atoms with E-state index in [-0.39, 0.29) is 10.2 Å². The van der Waals surface area contributed by atoms with Crippen LogP contribution in [0.15, 0.2) is 51.8 Å². The molecule has 0 aromatic heterocycles. The molecule has 0 atom stereocenters. The predicted molar refractivity (Wildman–Crippen MR) is 139 cm³/mol. The van der Waals surface area contributed by atoms with Crippen molar-refractivity contribution in [1.82, 2.24) is 10.4 Å². The van der Waals surface area contributed by atoms with E-state index < -0.39 is 5.91 Å². The molecule has 2 aromatic carbocycles. The minimum absolute atomic E-state index is 0.258. The first-order valence-electron chi connectivity index (χ1n) is 10.6. The Labute approximate surface area is 211 Å². The Kier molecular flexibility index (Phi) is 9.34. The summed E-state index contributed by atoms with van der Waals surface area (Å²) in [5.74, 6) is 0.409. The van der Waals surface area contributed by atoms with Crippen molar-refractivity contribution in [3.63, 3.8) is 0 Å². The second-order valence-corrected chi connectivity index (χ2v) is 9.80. The number of carbonyl (C=O) groups is 2. The topological polar surface area (TPSA) is 67.9 Å². The lowest BCUT2D eigenvalue weighted by molar-refractivity contribution is -0.123. The number of thiocarbonyl (C=S) groups is 1. The van der Waals surface area contributed by atoms with Crippen molar-refractivity contribution >= 4 is 62.1 Å². The molecule has 174 valence electrons. The van der Waals surface area contributed by atoms with Crippen LogP contribution in [0.25, 0.3) is 6.08 Å². The molecule has 0 unspecified atom stereocenters. The Bertz CT molecular complexity index is 1060. The van der Waals surface area contributed by atoms with E-state index in [2.05, 4.69) is 28.3 Å². The van der Waals surface area contributed by atoms with Crippen molar-refractivity contribution in [2.24, 2.45) is 0 Å². The zero-order valence-corrected chi connectivity index (χ0v) is 21.6. The summed E-state index contributed by atoms with van der Waals surface area (Å²) in [6, 6.07) is 12.3. The van der Waals surface area contributed by atoms with E-state index in [1.807, 2.05) is 12.1 Å². The fourth-order valence-corrected chi connectivity index (χ4v) is 4.89. The molecule has 1 fully saturated rings. The largest absolute Gasteiger partial charge is 0.493 e. The number of ether oxygens (including phenoxy) is 2. The standard InChI is InChI=1S/C24H25BrN2O4S2/c1-3-4-5-9-12-31-21-18(25)13-16(14-19(21)30-2)15-20-23(29)27(24(32)33-20)26-22(28)17-10-7-6-8-11-17/h6-8,10-11,13-15H,3-5,9,12H2,1-2H3,(H,26,28)/b20-15-. The molecule has 6 nitrogen and oxygen atoms in total. The normalized spacial score (nSPS) is 14.6. The molecule has 1 saturated heterocycles. The molecule has 3 rings (SSSR count). The molecule has 0 radical (unpaired) electrons. The minimum Gasteiger partial charge on any atom is -0.493 e. The third-order valence-corrected chi connectivity index (χ3v) is 6.73. The summed E-state index contributed by atoms with van der Waals surface area (Å²) in [4.78, 5) is 25.7. The number of rotatable bonds is 10. The summed E-state index contributed by atoms with van der Waals surface area (Å²) in [6.07, 6.45) is 6.17. The zero-order chi connectivity index (χ0) is 23.8. The molecule has 9 heteroatoms. The number of benzene rings is 2. The van der Waals surface area contributed by atoms with E-state index in [0.717, 1.165) is 39.6 Å². The smallest absolute Gasteiger partial charge is 0.285 e. The number of nitrogens with one attached hydrogen (secondary N) is 1. The number of methoxy groups -OCH3 is 1. The molecule has 33 heavy (non-hydrogen) atoms. The summed E-state index contributed by atoms with van der Waals surface area (Å²) >= 11 is 9.99. The van der Waals surface area contributed by atoms with Crippen LogP contribution in [0, 0.1) is 0 Å². The van der Waals surface area contributed by atoms with Crippen molar-refractivity contribution in [3.8, 4) is 11.5 Å². The van der Waals surface area contributed by atoms with Gasteiger partial charge in [0.1, 0.15) is 0 Å². The first kappa shape index (κ1) is 25.3. The molecule has 0 aliphatic carbocycles.